The van der Waals surface area contributed by atoms with Crippen molar-refractivity contribution >= 4 is 28.6 Å². The first-order chi connectivity index (χ1) is 16.0. The van der Waals surface area contributed by atoms with Gasteiger partial charge >= 0.3 is 0 Å². The molecule has 0 spiro atoms. The molecule has 33 heavy (non-hydrogen) atoms. The van der Waals surface area contributed by atoms with Crippen LogP contribution in [0.5, 0.6) is 0 Å². The number of aromatic nitrogens is 2. The number of thioether (sulfide) groups is 1. The Hall–Kier alpha value is -2.64. The van der Waals surface area contributed by atoms with Gasteiger partial charge in [0, 0.05) is 6.04 Å². The summed E-state index contributed by atoms with van der Waals surface area (Å²) in [5.41, 5.74) is 2.57. The summed E-state index contributed by atoms with van der Waals surface area (Å²) in [5.74, 6) is 0.213. The number of unbranched alkanes of at least 4 members (excludes halogenated alkanes) is 1. The number of amides is 1. The van der Waals surface area contributed by atoms with Gasteiger partial charge in [-0.2, -0.15) is 0 Å². The van der Waals surface area contributed by atoms with Crippen LogP contribution in [0.2, 0.25) is 0 Å². The Morgan fingerprint density at radius 3 is 2.58 bits per heavy atom. The van der Waals surface area contributed by atoms with Gasteiger partial charge in [-0.25, -0.2) is 4.98 Å². The highest BCUT2D eigenvalue weighted by Gasteiger charge is 2.20. The number of carbonyl (C=O) groups is 1. The zero-order chi connectivity index (χ0) is 23.2. The van der Waals surface area contributed by atoms with Crippen molar-refractivity contribution in [2.75, 3.05) is 25.9 Å². The molecule has 0 atom stereocenters. The first kappa shape index (κ1) is 23.5. The first-order valence-corrected chi connectivity index (χ1v) is 12.8. The van der Waals surface area contributed by atoms with E-state index in [2.05, 4.69) is 36.3 Å². The van der Waals surface area contributed by atoms with Gasteiger partial charge in [0.2, 0.25) is 5.91 Å². The second-order valence-corrected chi connectivity index (χ2v) is 9.70. The predicted molar refractivity (Wildman–Crippen MR) is 135 cm³/mol. The molecule has 6 nitrogen and oxygen atoms in total. The average molecular weight is 465 g/mol. The van der Waals surface area contributed by atoms with E-state index in [1.165, 1.54) is 17.3 Å². The molecule has 1 aliphatic rings. The van der Waals surface area contributed by atoms with E-state index in [9.17, 15) is 9.59 Å². The third kappa shape index (κ3) is 5.84. The van der Waals surface area contributed by atoms with Crippen molar-refractivity contribution in [2.24, 2.45) is 0 Å². The minimum absolute atomic E-state index is 0.0153. The number of rotatable bonds is 8. The molecule has 1 amide bonds. The minimum atomic E-state index is -0.111. The fourth-order valence-corrected chi connectivity index (χ4v) is 5.01. The molecular formula is C26H32N4O2S. The second-order valence-electron chi connectivity index (χ2n) is 8.76. The number of nitrogens with one attached hydrogen (secondary N) is 1. The maximum Gasteiger partial charge on any atom is 0.266 e. The molecule has 3 aromatic rings. The van der Waals surface area contributed by atoms with Crippen molar-refractivity contribution in [3.63, 3.8) is 0 Å². The van der Waals surface area contributed by atoms with Crippen molar-refractivity contribution in [3.05, 3.63) is 64.4 Å². The molecule has 1 aliphatic heterocycles. The Morgan fingerprint density at radius 2 is 1.85 bits per heavy atom. The molecular weight excluding hydrogens is 432 g/mol. The van der Waals surface area contributed by atoms with E-state index in [-0.39, 0.29) is 23.3 Å². The number of nitrogens with zero attached hydrogens (tertiary/aromatic N) is 3. The van der Waals surface area contributed by atoms with Crippen LogP contribution in [0.4, 0.5) is 0 Å². The third-order valence-corrected chi connectivity index (χ3v) is 7.11. The lowest BCUT2D eigenvalue weighted by Gasteiger charge is -2.29. The molecule has 0 radical (unpaired) electrons. The lowest BCUT2D eigenvalue weighted by atomic mass is 10.1. The molecule has 1 aromatic heterocycles. The van der Waals surface area contributed by atoms with Gasteiger partial charge in [0.05, 0.1) is 22.3 Å². The van der Waals surface area contributed by atoms with Crippen LogP contribution in [0.25, 0.3) is 16.6 Å². The smallest absolute Gasteiger partial charge is 0.266 e. The maximum atomic E-state index is 13.4. The summed E-state index contributed by atoms with van der Waals surface area (Å²) >= 11 is 1.32. The number of hydrogen-bond donors (Lipinski definition) is 1. The van der Waals surface area contributed by atoms with Crippen molar-refractivity contribution in [1.82, 2.24) is 19.8 Å². The van der Waals surface area contributed by atoms with Crippen LogP contribution in [0.3, 0.4) is 0 Å². The molecule has 0 aliphatic carbocycles. The fourth-order valence-electron chi connectivity index (χ4n) is 4.18. The number of hydrogen-bond acceptors (Lipinski definition) is 5. The summed E-state index contributed by atoms with van der Waals surface area (Å²) in [4.78, 5) is 33.1. The number of para-hydroxylation sites is 1. The van der Waals surface area contributed by atoms with Crippen LogP contribution in [0, 0.1) is 0 Å². The number of fused-ring (bicyclic) bond motifs is 1. The van der Waals surface area contributed by atoms with E-state index in [4.69, 9.17) is 4.98 Å². The Bertz CT molecular complexity index is 1150. The molecule has 1 N–H and O–H groups in total. The van der Waals surface area contributed by atoms with Crippen LogP contribution >= 0.6 is 11.8 Å². The van der Waals surface area contributed by atoms with Crippen molar-refractivity contribution in [2.45, 2.75) is 50.2 Å². The number of carbonyl (C=O) groups excluding carboxylic acids is 1. The summed E-state index contributed by atoms with van der Waals surface area (Å²) in [6.07, 6.45) is 5.26. The molecule has 1 saturated heterocycles. The molecule has 2 heterocycles. The van der Waals surface area contributed by atoms with Crippen LogP contribution in [-0.4, -0.2) is 52.3 Å². The zero-order valence-corrected chi connectivity index (χ0v) is 20.2. The van der Waals surface area contributed by atoms with Gasteiger partial charge in [0.1, 0.15) is 0 Å². The van der Waals surface area contributed by atoms with Gasteiger partial charge in [0.25, 0.3) is 5.56 Å². The average Bonchev–Trinajstić information content (AvgIpc) is 2.83. The van der Waals surface area contributed by atoms with E-state index >= 15 is 0 Å². The van der Waals surface area contributed by atoms with Gasteiger partial charge in [-0.3, -0.25) is 14.2 Å². The number of aryl methyl sites for hydroxylation is 1. The second kappa shape index (κ2) is 11.0. The Balaban J connectivity index is 1.57. The molecule has 7 heteroatoms. The van der Waals surface area contributed by atoms with E-state index in [0.29, 0.717) is 16.1 Å². The minimum Gasteiger partial charge on any atom is -0.353 e. The summed E-state index contributed by atoms with van der Waals surface area (Å²) in [6, 6.07) is 15.7. The third-order valence-electron chi connectivity index (χ3n) is 6.17. The van der Waals surface area contributed by atoms with Gasteiger partial charge in [-0.1, -0.05) is 49.4 Å². The van der Waals surface area contributed by atoms with Crippen molar-refractivity contribution in [1.29, 1.82) is 0 Å². The van der Waals surface area contributed by atoms with Gasteiger partial charge in [0.15, 0.2) is 5.16 Å². The van der Waals surface area contributed by atoms with Gasteiger partial charge in [-0.15, -0.1) is 0 Å². The van der Waals surface area contributed by atoms with Crippen molar-refractivity contribution < 1.29 is 4.79 Å². The number of likely N-dealkylation sites (tertiary alicyclic amines) is 1. The number of benzene rings is 2. The fraction of sp³-hybridized carbons (Fsp3) is 0.423. The highest BCUT2D eigenvalue weighted by molar-refractivity contribution is 7.99. The SMILES string of the molecule is CCCCc1ccc(-n2c(SCC(=O)NC3CCN(C)CC3)nc3ccccc3c2=O)cc1. The lowest BCUT2D eigenvalue weighted by Crippen LogP contribution is -2.44. The number of piperidine rings is 1. The molecule has 0 unspecified atom stereocenters. The van der Waals surface area contributed by atoms with E-state index < -0.39 is 0 Å². The molecule has 1 fully saturated rings. The normalized spacial score (nSPS) is 15.1. The Morgan fingerprint density at radius 1 is 1.12 bits per heavy atom. The predicted octanol–water partition coefficient (Wildman–Crippen LogP) is 4.03. The van der Waals surface area contributed by atoms with E-state index in [1.807, 2.05) is 30.3 Å². The zero-order valence-electron chi connectivity index (χ0n) is 19.4. The maximum absolute atomic E-state index is 13.4. The quantitative estimate of drug-likeness (QED) is 0.403. The van der Waals surface area contributed by atoms with Gasteiger partial charge < -0.3 is 10.2 Å². The highest BCUT2D eigenvalue weighted by atomic mass is 32.2. The lowest BCUT2D eigenvalue weighted by molar-refractivity contribution is -0.119. The standard InChI is InChI=1S/C26H32N4O2S/c1-3-4-7-19-10-12-21(13-11-19)30-25(32)22-8-5-6-9-23(22)28-26(30)33-18-24(31)27-20-14-16-29(2)17-15-20/h5-6,8-13,20H,3-4,7,14-18H2,1-2H3,(H,27,31). The van der Waals surface area contributed by atoms with Crippen molar-refractivity contribution in [3.8, 4) is 5.69 Å². The molecule has 2 aromatic carbocycles. The van der Waals surface area contributed by atoms with E-state index in [0.717, 1.165) is 50.9 Å². The summed E-state index contributed by atoms with van der Waals surface area (Å²) < 4.78 is 1.64. The largest absolute Gasteiger partial charge is 0.353 e. The van der Waals surface area contributed by atoms with E-state index in [1.54, 1.807) is 10.6 Å². The van der Waals surface area contributed by atoms with Crippen LogP contribution in [0.15, 0.2) is 58.5 Å². The topological polar surface area (TPSA) is 67.2 Å². The van der Waals surface area contributed by atoms with Gasteiger partial charge in [-0.05, 0) is 75.6 Å². The summed E-state index contributed by atoms with van der Waals surface area (Å²) in [5, 5.41) is 4.26. The summed E-state index contributed by atoms with van der Waals surface area (Å²) in [7, 11) is 2.11. The monoisotopic (exact) mass is 464 g/mol. The van der Waals surface area contributed by atoms with Crippen LogP contribution in [0.1, 0.15) is 38.2 Å². The Kier molecular flexibility index (Phi) is 7.83. The van der Waals surface area contributed by atoms with Crippen LogP contribution in [-0.2, 0) is 11.2 Å². The van der Waals surface area contributed by atoms with Crippen LogP contribution < -0.4 is 10.9 Å². The molecule has 174 valence electrons. The molecule has 4 rings (SSSR count). The Labute approximate surface area is 199 Å². The highest BCUT2D eigenvalue weighted by Crippen LogP contribution is 2.22. The summed E-state index contributed by atoms with van der Waals surface area (Å²) in [6.45, 7) is 4.18. The molecule has 0 bridgehead atoms. The first-order valence-electron chi connectivity index (χ1n) is 11.8. The molecule has 0 saturated carbocycles.